The Hall–Kier alpha value is -3.02. The number of carbonyl (C=O) groups is 1. The largest absolute Gasteiger partial charge is 0.497 e. The topological polar surface area (TPSA) is 65.4 Å². The first-order chi connectivity index (χ1) is 12.3. The van der Waals surface area contributed by atoms with Crippen molar-refractivity contribution in [1.29, 1.82) is 0 Å². The Morgan fingerprint density at radius 1 is 1.12 bits per heavy atom. The molecule has 130 valence electrons. The zero-order valence-electron chi connectivity index (χ0n) is 14.1. The fourth-order valence-electron chi connectivity index (χ4n) is 2.53. The molecule has 1 N–H and O–H groups in total. The van der Waals surface area contributed by atoms with Crippen molar-refractivity contribution in [3.63, 3.8) is 0 Å². The number of nitrogens with zero attached hydrogens (tertiary/aromatic N) is 2. The van der Waals surface area contributed by atoms with Crippen molar-refractivity contribution >= 4 is 16.8 Å². The Labute approximate surface area is 146 Å². The summed E-state index contributed by atoms with van der Waals surface area (Å²) in [5, 5.41) is 8.35. The zero-order chi connectivity index (χ0) is 17.5. The number of methoxy groups -OCH3 is 1. The lowest BCUT2D eigenvalue weighted by molar-refractivity contribution is -0.123. The third-order valence-electron chi connectivity index (χ3n) is 3.85. The molecule has 0 aliphatic carbocycles. The molecule has 3 aromatic rings. The molecule has 0 atom stereocenters. The Kier molecular flexibility index (Phi) is 5.51. The van der Waals surface area contributed by atoms with Crippen LogP contribution >= 0.6 is 0 Å². The van der Waals surface area contributed by atoms with E-state index in [0.29, 0.717) is 12.3 Å². The molecule has 1 aromatic heterocycles. The molecule has 0 aliphatic rings. The highest BCUT2D eigenvalue weighted by atomic mass is 16.5. The minimum atomic E-state index is -0.138. The van der Waals surface area contributed by atoms with Gasteiger partial charge in [0.1, 0.15) is 11.5 Å². The number of carbonyl (C=O) groups excluding carboxylic acids is 1. The third-order valence-corrected chi connectivity index (χ3v) is 3.85. The van der Waals surface area contributed by atoms with E-state index in [0.717, 1.165) is 29.6 Å². The van der Waals surface area contributed by atoms with Crippen molar-refractivity contribution in [3.8, 4) is 11.5 Å². The van der Waals surface area contributed by atoms with Gasteiger partial charge in [-0.15, -0.1) is 0 Å². The molecule has 0 fully saturated rings. The van der Waals surface area contributed by atoms with Crippen molar-refractivity contribution in [2.24, 2.45) is 0 Å². The molecular formula is C19H21N3O3. The minimum absolute atomic E-state index is 0.00295. The Balaban J connectivity index is 1.37. The number of nitrogens with one attached hydrogen (secondary N) is 1. The van der Waals surface area contributed by atoms with Crippen LogP contribution in [0.15, 0.2) is 54.7 Å². The number of ether oxygens (including phenoxy) is 2. The molecular weight excluding hydrogens is 318 g/mol. The summed E-state index contributed by atoms with van der Waals surface area (Å²) in [5.41, 5.74) is 1.11. The Morgan fingerprint density at radius 3 is 2.68 bits per heavy atom. The first kappa shape index (κ1) is 16.8. The molecule has 3 rings (SSSR count). The number of aromatic nitrogens is 2. The standard InChI is InChI=1S/C19H21N3O3/c1-24-16-7-9-17(10-8-16)25-14-19(23)20-11-4-12-22-18-6-3-2-5-15(18)13-21-22/h2-3,5-10,13H,4,11-12,14H2,1H3,(H,20,23). The maximum Gasteiger partial charge on any atom is 0.257 e. The van der Waals surface area contributed by atoms with E-state index in [-0.39, 0.29) is 12.5 Å². The summed E-state index contributed by atoms with van der Waals surface area (Å²) in [6.45, 7) is 1.34. The Bertz CT molecular complexity index is 827. The highest BCUT2D eigenvalue weighted by molar-refractivity contribution is 5.78. The van der Waals surface area contributed by atoms with Gasteiger partial charge in [-0.2, -0.15) is 5.10 Å². The molecule has 0 radical (unpaired) electrons. The SMILES string of the molecule is COc1ccc(OCC(=O)NCCCn2ncc3ccccc32)cc1. The number of aryl methyl sites for hydroxylation is 1. The Morgan fingerprint density at radius 2 is 1.88 bits per heavy atom. The van der Waals surface area contributed by atoms with Gasteiger partial charge in [-0.05, 0) is 36.8 Å². The van der Waals surface area contributed by atoms with Gasteiger partial charge in [0.15, 0.2) is 6.61 Å². The van der Waals surface area contributed by atoms with E-state index in [1.807, 2.05) is 35.1 Å². The fraction of sp³-hybridized carbons (Fsp3) is 0.263. The molecule has 2 aromatic carbocycles. The van der Waals surface area contributed by atoms with E-state index in [4.69, 9.17) is 9.47 Å². The first-order valence-electron chi connectivity index (χ1n) is 8.20. The number of hydrogen-bond donors (Lipinski definition) is 1. The second-order valence-corrected chi connectivity index (χ2v) is 5.59. The van der Waals surface area contributed by atoms with Crippen molar-refractivity contribution in [1.82, 2.24) is 15.1 Å². The molecule has 0 saturated carbocycles. The lowest BCUT2D eigenvalue weighted by Crippen LogP contribution is -2.30. The van der Waals surface area contributed by atoms with Crippen LogP contribution in [0.5, 0.6) is 11.5 Å². The molecule has 0 spiro atoms. The summed E-state index contributed by atoms with van der Waals surface area (Å²) in [5.74, 6) is 1.25. The second kappa shape index (κ2) is 8.19. The van der Waals surface area contributed by atoms with Crippen LogP contribution in [0.4, 0.5) is 0 Å². The van der Waals surface area contributed by atoms with Crippen molar-refractivity contribution in [2.45, 2.75) is 13.0 Å². The van der Waals surface area contributed by atoms with Gasteiger partial charge in [-0.1, -0.05) is 18.2 Å². The normalized spacial score (nSPS) is 10.6. The summed E-state index contributed by atoms with van der Waals surface area (Å²) in [6, 6.07) is 15.2. The smallest absolute Gasteiger partial charge is 0.257 e. The van der Waals surface area contributed by atoms with Crippen LogP contribution in [0.1, 0.15) is 6.42 Å². The molecule has 0 bridgehead atoms. The monoisotopic (exact) mass is 339 g/mol. The summed E-state index contributed by atoms with van der Waals surface area (Å²) in [6.07, 6.45) is 2.66. The molecule has 6 heteroatoms. The number of para-hydroxylation sites is 1. The summed E-state index contributed by atoms with van der Waals surface area (Å²) in [4.78, 5) is 11.8. The van der Waals surface area contributed by atoms with Crippen molar-refractivity contribution in [2.75, 3.05) is 20.3 Å². The maximum atomic E-state index is 11.8. The van der Waals surface area contributed by atoms with Crippen LogP contribution in [-0.4, -0.2) is 35.9 Å². The van der Waals surface area contributed by atoms with E-state index in [9.17, 15) is 4.79 Å². The van der Waals surface area contributed by atoms with Gasteiger partial charge in [0.05, 0.1) is 18.8 Å². The third kappa shape index (κ3) is 4.50. The maximum absolute atomic E-state index is 11.8. The predicted octanol–water partition coefficient (Wildman–Crippen LogP) is 2.63. The first-order valence-corrected chi connectivity index (χ1v) is 8.20. The molecule has 25 heavy (non-hydrogen) atoms. The van der Waals surface area contributed by atoms with Gasteiger partial charge < -0.3 is 14.8 Å². The van der Waals surface area contributed by atoms with E-state index in [1.165, 1.54) is 0 Å². The number of fused-ring (bicyclic) bond motifs is 1. The van der Waals surface area contributed by atoms with Gasteiger partial charge >= 0.3 is 0 Å². The van der Waals surface area contributed by atoms with Gasteiger partial charge in [0.25, 0.3) is 5.91 Å². The quantitative estimate of drug-likeness (QED) is 0.641. The predicted molar refractivity (Wildman–Crippen MR) is 95.8 cm³/mol. The highest BCUT2D eigenvalue weighted by Crippen LogP contribution is 2.16. The molecule has 0 unspecified atom stereocenters. The highest BCUT2D eigenvalue weighted by Gasteiger charge is 2.04. The van der Waals surface area contributed by atoms with Crippen molar-refractivity contribution in [3.05, 3.63) is 54.7 Å². The fourth-order valence-corrected chi connectivity index (χ4v) is 2.53. The van der Waals surface area contributed by atoms with Crippen LogP contribution in [0.25, 0.3) is 10.9 Å². The molecule has 6 nitrogen and oxygen atoms in total. The molecule has 0 aliphatic heterocycles. The van der Waals surface area contributed by atoms with Gasteiger partial charge in [0, 0.05) is 18.5 Å². The van der Waals surface area contributed by atoms with Crippen LogP contribution in [-0.2, 0) is 11.3 Å². The van der Waals surface area contributed by atoms with Crippen LogP contribution in [0, 0.1) is 0 Å². The van der Waals surface area contributed by atoms with E-state index >= 15 is 0 Å². The van der Waals surface area contributed by atoms with Gasteiger partial charge in [-0.25, -0.2) is 0 Å². The number of hydrogen-bond acceptors (Lipinski definition) is 4. The number of benzene rings is 2. The lowest BCUT2D eigenvalue weighted by atomic mass is 10.2. The average Bonchev–Trinajstić information content (AvgIpc) is 3.07. The van der Waals surface area contributed by atoms with E-state index < -0.39 is 0 Å². The molecule has 1 heterocycles. The number of amides is 1. The average molecular weight is 339 g/mol. The number of rotatable bonds is 8. The zero-order valence-corrected chi connectivity index (χ0v) is 14.1. The van der Waals surface area contributed by atoms with E-state index in [2.05, 4.69) is 10.4 Å². The van der Waals surface area contributed by atoms with Crippen molar-refractivity contribution < 1.29 is 14.3 Å². The van der Waals surface area contributed by atoms with Gasteiger partial charge in [0.2, 0.25) is 0 Å². The van der Waals surface area contributed by atoms with E-state index in [1.54, 1.807) is 31.4 Å². The molecule has 0 saturated heterocycles. The van der Waals surface area contributed by atoms with Crippen LogP contribution in [0.2, 0.25) is 0 Å². The summed E-state index contributed by atoms with van der Waals surface area (Å²) in [7, 11) is 1.61. The van der Waals surface area contributed by atoms with Gasteiger partial charge in [-0.3, -0.25) is 9.48 Å². The van der Waals surface area contributed by atoms with Crippen LogP contribution < -0.4 is 14.8 Å². The second-order valence-electron chi connectivity index (χ2n) is 5.59. The summed E-state index contributed by atoms with van der Waals surface area (Å²) >= 11 is 0. The van der Waals surface area contributed by atoms with Crippen LogP contribution in [0.3, 0.4) is 0 Å². The summed E-state index contributed by atoms with van der Waals surface area (Å²) < 4.78 is 12.5. The minimum Gasteiger partial charge on any atom is -0.497 e. The molecule has 1 amide bonds. The lowest BCUT2D eigenvalue weighted by Gasteiger charge is -2.08.